The van der Waals surface area contributed by atoms with E-state index in [0.29, 0.717) is 17.1 Å². The van der Waals surface area contributed by atoms with Gasteiger partial charge < -0.3 is 10.1 Å². The van der Waals surface area contributed by atoms with Gasteiger partial charge in [-0.2, -0.15) is 5.26 Å². The van der Waals surface area contributed by atoms with E-state index in [1.807, 2.05) is 24.3 Å². The molecule has 2 rings (SSSR count). The first-order valence-corrected chi connectivity index (χ1v) is 7.26. The van der Waals surface area contributed by atoms with Crippen molar-refractivity contribution in [1.82, 2.24) is 0 Å². The highest BCUT2D eigenvalue weighted by Crippen LogP contribution is 2.21. The van der Waals surface area contributed by atoms with Gasteiger partial charge in [0.25, 0.3) is 0 Å². The molecule has 0 heterocycles. The Morgan fingerprint density at radius 3 is 2.62 bits per heavy atom. The fourth-order valence-electron chi connectivity index (χ4n) is 1.88. The maximum absolute atomic E-state index is 9.08. The van der Waals surface area contributed by atoms with Crippen LogP contribution in [0.15, 0.2) is 42.5 Å². The summed E-state index contributed by atoms with van der Waals surface area (Å²) < 4.78 is 5.54. The fourth-order valence-corrected chi connectivity index (χ4v) is 2.05. The van der Waals surface area contributed by atoms with Crippen molar-refractivity contribution >= 4 is 17.3 Å². The molecular formula is C17H17ClN2O. The molecule has 0 saturated heterocycles. The Kier molecular flexibility index (Phi) is 5.48. The zero-order valence-electron chi connectivity index (χ0n) is 11.9. The minimum atomic E-state index is 0.585. The second-order valence-electron chi connectivity index (χ2n) is 4.65. The van der Waals surface area contributed by atoms with Crippen LogP contribution >= 0.6 is 11.6 Å². The number of nitrogens with zero attached hydrogens (tertiary/aromatic N) is 1. The number of hydrogen-bond acceptors (Lipinski definition) is 3. The van der Waals surface area contributed by atoms with Crippen molar-refractivity contribution in [2.75, 3.05) is 11.9 Å². The molecule has 0 atom stereocenters. The van der Waals surface area contributed by atoms with Crippen LogP contribution in [0.2, 0.25) is 5.02 Å². The van der Waals surface area contributed by atoms with E-state index < -0.39 is 0 Å². The average Bonchev–Trinajstić information content (AvgIpc) is 2.52. The molecule has 0 aliphatic heterocycles. The van der Waals surface area contributed by atoms with Crippen molar-refractivity contribution in [3.05, 3.63) is 58.6 Å². The van der Waals surface area contributed by atoms with Gasteiger partial charge in [0.15, 0.2) is 0 Å². The van der Waals surface area contributed by atoms with Crippen LogP contribution in [0.1, 0.15) is 24.5 Å². The molecular weight excluding hydrogens is 284 g/mol. The SMILES string of the molecule is CCCOc1ccc(CNc2cc(Cl)ccc2C#N)cc1. The fraction of sp³-hybridized carbons (Fsp3) is 0.235. The molecule has 0 unspecified atom stereocenters. The Balaban J connectivity index is 2.00. The monoisotopic (exact) mass is 300 g/mol. The molecule has 3 nitrogen and oxygen atoms in total. The topological polar surface area (TPSA) is 45.0 Å². The summed E-state index contributed by atoms with van der Waals surface area (Å²) in [6, 6.07) is 15.3. The van der Waals surface area contributed by atoms with Gasteiger partial charge in [0.2, 0.25) is 0 Å². The third-order valence-electron chi connectivity index (χ3n) is 2.98. The van der Waals surface area contributed by atoms with Crippen LogP contribution in [0, 0.1) is 11.3 Å². The molecule has 0 aliphatic rings. The van der Waals surface area contributed by atoms with E-state index in [1.165, 1.54) is 0 Å². The summed E-state index contributed by atoms with van der Waals surface area (Å²) in [6.45, 7) is 3.44. The van der Waals surface area contributed by atoms with Gasteiger partial charge in [-0.3, -0.25) is 0 Å². The van der Waals surface area contributed by atoms with E-state index in [2.05, 4.69) is 18.3 Å². The molecule has 0 saturated carbocycles. The predicted octanol–water partition coefficient (Wildman–Crippen LogP) is 4.61. The molecule has 0 aromatic heterocycles. The highest BCUT2D eigenvalue weighted by atomic mass is 35.5. The number of hydrogen-bond donors (Lipinski definition) is 1. The van der Waals surface area contributed by atoms with Crippen molar-refractivity contribution in [2.45, 2.75) is 19.9 Å². The summed E-state index contributed by atoms with van der Waals surface area (Å²) in [5.41, 5.74) is 2.45. The van der Waals surface area contributed by atoms with E-state index in [-0.39, 0.29) is 0 Å². The van der Waals surface area contributed by atoms with Crippen molar-refractivity contribution in [2.24, 2.45) is 0 Å². The van der Waals surface area contributed by atoms with E-state index in [9.17, 15) is 0 Å². The van der Waals surface area contributed by atoms with E-state index in [4.69, 9.17) is 21.6 Å². The van der Waals surface area contributed by atoms with Crippen LogP contribution in [-0.4, -0.2) is 6.61 Å². The molecule has 0 aliphatic carbocycles. The molecule has 21 heavy (non-hydrogen) atoms. The first kappa shape index (κ1) is 15.2. The maximum Gasteiger partial charge on any atom is 0.119 e. The summed E-state index contributed by atoms with van der Waals surface area (Å²) in [7, 11) is 0. The number of benzene rings is 2. The van der Waals surface area contributed by atoms with Gasteiger partial charge >= 0.3 is 0 Å². The smallest absolute Gasteiger partial charge is 0.119 e. The lowest BCUT2D eigenvalue weighted by atomic mass is 10.1. The predicted molar refractivity (Wildman–Crippen MR) is 85.7 cm³/mol. The van der Waals surface area contributed by atoms with E-state index in [1.54, 1.807) is 18.2 Å². The number of halogens is 1. The van der Waals surface area contributed by atoms with Crippen LogP contribution in [-0.2, 0) is 6.54 Å². The second-order valence-corrected chi connectivity index (χ2v) is 5.08. The number of nitrogens with one attached hydrogen (secondary N) is 1. The minimum absolute atomic E-state index is 0.585. The third-order valence-corrected chi connectivity index (χ3v) is 3.22. The molecule has 0 spiro atoms. The summed E-state index contributed by atoms with van der Waals surface area (Å²) in [5.74, 6) is 0.876. The summed E-state index contributed by atoms with van der Waals surface area (Å²) >= 11 is 5.96. The van der Waals surface area contributed by atoms with Crippen LogP contribution in [0.4, 0.5) is 5.69 Å². The van der Waals surface area contributed by atoms with Gasteiger partial charge in [0.05, 0.1) is 17.9 Å². The first-order chi connectivity index (χ1) is 10.2. The zero-order chi connectivity index (χ0) is 15.1. The lowest BCUT2D eigenvalue weighted by Crippen LogP contribution is -2.01. The highest BCUT2D eigenvalue weighted by molar-refractivity contribution is 6.30. The summed E-state index contributed by atoms with van der Waals surface area (Å²) in [5, 5.41) is 12.9. The molecule has 0 radical (unpaired) electrons. The summed E-state index contributed by atoms with van der Waals surface area (Å²) in [6.07, 6.45) is 0.995. The Labute approximate surface area is 130 Å². The molecule has 0 bridgehead atoms. The molecule has 1 N–H and O–H groups in total. The lowest BCUT2D eigenvalue weighted by Gasteiger charge is -2.10. The van der Waals surface area contributed by atoms with Crippen LogP contribution in [0.3, 0.4) is 0 Å². The Hall–Kier alpha value is -2.18. The van der Waals surface area contributed by atoms with Gasteiger partial charge in [0.1, 0.15) is 11.8 Å². The third kappa shape index (κ3) is 4.40. The highest BCUT2D eigenvalue weighted by Gasteiger charge is 2.03. The van der Waals surface area contributed by atoms with Crippen molar-refractivity contribution in [3.63, 3.8) is 0 Å². The molecule has 0 amide bonds. The van der Waals surface area contributed by atoms with Crippen LogP contribution in [0.5, 0.6) is 5.75 Å². The van der Waals surface area contributed by atoms with E-state index >= 15 is 0 Å². The minimum Gasteiger partial charge on any atom is -0.494 e. The molecule has 2 aromatic rings. The lowest BCUT2D eigenvalue weighted by molar-refractivity contribution is 0.317. The quantitative estimate of drug-likeness (QED) is 0.847. The Morgan fingerprint density at radius 1 is 1.19 bits per heavy atom. The van der Waals surface area contributed by atoms with Gasteiger partial charge in [-0.05, 0) is 42.3 Å². The standard InChI is InChI=1S/C17H17ClN2O/c1-2-9-21-16-7-3-13(4-8-16)12-20-17-10-15(18)6-5-14(17)11-19/h3-8,10,20H,2,9,12H2,1H3. The zero-order valence-corrected chi connectivity index (χ0v) is 12.7. The van der Waals surface area contributed by atoms with Gasteiger partial charge in [-0.25, -0.2) is 0 Å². The second kappa shape index (κ2) is 7.56. The number of nitriles is 1. The Bertz CT molecular complexity index is 632. The average molecular weight is 301 g/mol. The van der Waals surface area contributed by atoms with Crippen molar-refractivity contribution in [3.8, 4) is 11.8 Å². The molecule has 0 fully saturated rings. The summed E-state index contributed by atoms with van der Waals surface area (Å²) in [4.78, 5) is 0. The first-order valence-electron chi connectivity index (χ1n) is 6.88. The number of rotatable bonds is 6. The van der Waals surface area contributed by atoms with Crippen LogP contribution < -0.4 is 10.1 Å². The molecule has 4 heteroatoms. The molecule has 108 valence electrons. The van der Waals surface area contributed by atoms with Crippen molar-refractivity contribution < 1.29 is 4.74 Å². The normalized spacial score (nSPS) is 9.95. The Morgan fingerprint density at radius 2 is 1.95 bits per heavy atom. The largest absolute Gasteiger partial charge is 0.494 e. The van der Waals surface area contributed by atoms with E-state index in [0.717, 1.165) is 30.0 Å². The maximum atomic E-state index is 9.08. The van der Waals surface area contributed by atoms with Crippen LogP contribution in [0.25, 0.3) is 0 Å². The molecule has 2 aromatic carbocycles. The van der Waals surface area contributed by atoms with Crippen molar-refractivity contribution in [1.29, 1.82) is 5.26 Å². The number of anilines is 1. The van der Waals surface area contributed by atoms with Gasteiger partial charge in [0, 0.05) is 11.6 Å². The number of ether oxygens (including phenoxy) is 1. The van der Waals surface area contributed by atoms with Gasteiger partial charge in [-0.1, -0.05) is 30.7 Å². The van der Waals surface area contributed by atoms with Gasteiger partial charge in [-0.15, -0.1) is 0 Å².